The van der Waals surface area contributed by atoms with Gasteiger partial charge in [-0.25, -0.2) is 15.0 Å². The Morgan fingerprint density at radius 1 is 1.16 bits per heavy atom. The molecule has 5 unspecified atom stereocenters. The van der Waals surface area contributed by atoms with Crippen LogP contribution < -0.4 is 10.1 Å². The molecule has 4 N–H and O–H groups in total. The van der Waals surface area contributed by atoms with Gasteiger partial charge in [0.15, 0.2) is 23.2 Å². The number of rotatable bonds is 8. The monoisotopic (exact) mass is 429 g/mol. The summed E-state index contributed by atoms with van der Waals surface area (Å²) in [5.41, 5.74) is 2.07. The lowest BCUT2D eigenvalue weighted by Crippen LogP contribution is -2.33. The van der Waals surface area contributed by atoms with Crippen LogP contribution in [-0.2, 0) is 4.74 Å². The molecule has 1 saturated heterocycles. The molecule has 1 aromatic carbocycles. The zero-order chi connectivity index (χ0) is 22.0. The predicted octanol–water partition coefficient (Wildman–Crippen LogP) is 1.40. The standard InChI is InChI=1S/C21H27N5O5/c1-3-4-14(12-5-7-13(30-2)8-6-12)25-19-16-20(23-10-22-19)26(11-24-16)21-18(29)17(28)15(9-27)31-21/h5-8,10-11,14-15,17-18,21,27-29H,3-4,9H2,1-2H3,(H,22,23,25). The summed E-state index contributed by atoms with van der Waals surface area (Å²) in [4.78, 5) is 13.1. The summed E-state index contributed by atoms with van der Waals surface area (Å²) in [5, 5.41) is 33.2. The molecular formula is C21H27N5O5. The number of benzene rings is 1. The third-order valence-corrected chi connectivity index (χ3v) is 5.56. The summed E-state index contributed by atoms with van der Waals surface area (Å²) in [6, 6.07) is 7.88. The summed E-state index contributed by atoms with van der Waals surface area (Å²) >= 11 is 0. The number of nitrogens with one attached hydrogen (secondary N) is 1. The Labute approximate surface area is 179 Å². The number of anilines is 1. The van der Waals surface area contributed by atoms with Gasteiger partial charge in [0.1, 0.15) is 30.4 Å². The van der Waals surface area contributed by atoms with Crippen molar-refractivity contribution >= 4 is 17.0 Å². The minimum atomic E-state index is -1.21. The second kappa shape index (κ2) is 9.15. The van der Waals surface area contributed by atoms with E-state index in [2.05, 4.69) is 27.2 Å². The number of aliphatic hydroxyl groups is 3. The van der Waals surface area contributed by atoms with Crippen molar-refractivity contribution in [3.8, 4) is 5.75 Å². The van der Waals surface area contributed by atoms with E-state index in [1.165, 1.54) is 12.7 Å². The van der Waals surface area contributed by atoms with Crippen LogP contribution in [0.1, 0.15) is 37.6 Å². The maximum absolute atomic E-state index is 10.4. The number of hydrogen-bond acceptors (Lipinski definition) is 9. The van der Waals surface area contributed by atoms with Crippen molar-refractivity contribution in [2.75, 3.05) is 19.0 Å². The van der Waals surface area contributed by atoms with Crippen LogP contribution in [0.2, 0.25) is 0 Å². The normalized spacial score (nSPS) is 24.4. The minimum Gasteiger partial charge on any atom is -0.497 e. The molecule has 10 heteroatoms. The van der Waals surface area contributed by atoms with Gasteiger partial charge in [0.05, 0.1) is 26.1 Å². The molecule has 1 fully saturated rings. The van der Waals surface area contributed by atoms with E-state index in [4.69, 9.17) is 9.47 Å². The van der Waals surface area contributed by atoms with Crippen LogP contribution in [0.3, 0.4) is 0 Å². The molecule has 166 valence electrons. The first-order valence-electron chi connectivity index (χ1n) is 10.3. The highest BCUT2D eigenvalue weighted by atomic mass is 16.6. The first kappa shape index (κ1) is 21.4. The fourth-order valence-electron chi connectivity index (χ4n) is 3.87. The molecule has 0 spiro atoms. The Morgan fingerprint density at radius 3 is 2.58 bits per heavy atom. The van der Waals surface area contributed by atoms with Crippen LogP contribution in [0.25, 0.3) is 11.2 Å². The third-order valence-electron chi connectivity index (χ3n) is 5.56. The van der Waals surface area contributed by atoms with Gasteiger partial charge in [-0.3, -0.25) is 4.57 Å². The number of imidazole rings is 1. The van der Waals surface area contributed by atoms with Gasteiger partial charge in [-0.05, 0) is 24.1 Å². The average molecular weight is 429 g/mol. The SMILES string of the molecule is CCCC(Nc1ncnc2c1ncn2C1OC(CO)C(O)C1O)c1ccc(OC)cc1. The average Bonchev–Trinajstić information content (AvgIpc) is 3.35. The quantitative estimate of drug-likeness (QED) is 0.419. The third kappa shape index (κ3) is 4.07. The molecule has 0 aliphatic carbocycles. The number of ether oxygens (including phenoxy) is 2. The zero-order valence-electron chi connectivity index (χ0n) is 17.4. The van der Waals surface area contributed by atoms with E-state index in [1.807, 2.05) is 24.3 Å². The first-order valence-corrected chi connectivity index (χ1v) is 10.3. The fraction of sp³-hybridized carbons (Fsp3) is 0.476. The van der Waals surface area contributed by atoms with Gasteiger partial charge in [-0.1, -0.05) is 25.5 Å². The lowest BCUT2D eigenvalue weighted by Gasteiger charge is -2.20. The number of nitrogens with zero attached hydrogens (tertiary/aromatic N) is 4. The van der Waals surface area contributed by atoms with E-state index in [9.17, 15) is 15.3 Å². The van der Waals surface area contributed by atoms with Crippen molar-refractivity contribution in [1.29, 1.82) is 0 Å². The fourth-order valence-corrected chi connectivity index (χ4v) is 3.87. The van der Waals surface area contributed by atoms with Gasteiger partial charge < -0.3 is 30.1 Å². The molecule has 0 bridgehead atoms. The number of fused-ring (bicyclic) bond motifs is 1. The lowest BCUT2D eigenvalue weighted by molar-refractivity contribution is -0.0511. The molecule has 0 amide bonds. The topological polar surface area (TPSA) is 135 Å². The summed E-state index contributed by atoms with van der Waals surface area (Å²) in [6.07, 6.45) is 0.564. The van der Waals surface area contributed by atoms with Crippen molar-refractivity contribution < 1.29 is 24.8 Å². The van der Waals surface area contributed by atoms with Gasteiger partial charge in [0.25, 0.3) is 0 Å². The minimum absolute atomic E-state index is 0.00747. The summed E-state index contributed by atoms with van der Waals surface area (Å²) in [6.45, 7) is 1.72. The van der Waals surface area contributed by atoms with Gasteiger partial charge in [-0.15, -0.1) is 0 Å². The van der Waals surface area contributed by atoms with Crippen LogP contribution >= 0.6 is 0 Å². The number of aromatic nitrogens is 4. The Bertz CT molecular complexity index is 1010. The van der Waals surface area contributed by atoms with Crippen molar-refractivity contribution in [2.24, 2.45) is 0 Å². The van der Waals surface area contributed by atoms with Crippen molar-refractivity contribution in [3.63, 3.8) is 0 Å². The summed E-state index contributed by atoms with van der Waals surface area (Å²) < 4.78 is 12.4. The molecule has 3 heterocycles. The Kier molecular flexibility index (Phi) is 6.33. The number of aliphatic hydroxyl groups excluding tert-OH is 3. The second-order valence-corrected chi connectivity index (χ2v) is 7.53. The maximum atomic E-state index is 10.4. The van der Waals surface area contributed by atoms with Crippen molar-refractivity contribution in [1.82, 2.24) is 19.5 Å². The lowest BCUT2D eigenvalue weighted by atomic mass is 10.0. The number of methoxy groups -OCH3 is 1. The van der Waals surface area contributed by atoms with Gasteiger partial charge >= 0.3 is 0 Å². The van der Waals surface area contributed by atoms with Crippen molar-refractivity contribution in [3.05, 3.63) is 42.5 Å². The molecule has 1 aliphatic heterocycles. The van der Waals surface area contributed by atoms with Crippen molar-refractivity contribution in [2.45, 2.75) is 50.3 Å². The molecule has 10 nitrogen and oxygen atoms in total. The van der Waals surface area contributed by atoms with Gasteiger partial charge in [0, 0.05) is 0 Å². The molecule has 0 saturated carbocycles. The van der Waals surface area contributed by atoms with Gasteiger partial charge in [-0.2, -0.15) is 0 Å². The smallest absolute Gasteiger partial charge is 0.167 e. The Hall–Kier alpha value is -2.79. The Balaban J connectivity index is 1.64. The first-order chi connectivity index (χ1) is 15.1. The van der Waals surface area contributed by atoms with Gasteiger partial charge in [0.2, 0.25) is 0 Å². The molecule has 5 atom stereocenters. The van der Waals surface area contributed by atoms with Crippen LogP contribution in [0.15, 0.2) is 36.9 Å². The molecular weight excluding hydrogens is 402 g/mol. The predicted molar refractivity (Wildman–Crippen MR) is 113 cm³/mol. The van der Waals surface area contributed by atoms with E-state index in [0.717, 1.165) is 24.2 Å². The summed E-state index contributed by atoms with van der Waals surface area (Å²) in [5.74, 6) is 1.35. The molecule has 31 heavy (non-hydrogen) atoms. The van der Waals surface area contributed by atoms with Crippen LogP contribution in [0.5, 0.6) is 5.75 Å². The van der Waals surface area contributed by atoms with Crippen LogP contribution in [-0.4, -0.2) is 66.9 Å². The van der Waals surface area contributed by atoms with E-state index < -0.39 is 31.1 Å². The van der Waals surface area contributed by atoms with E-state index in [1.54, 1.807) is 11.7 Å². The second-order valence-electron chi connectivity index (χ2n) is 7.53. The molecule has 4 rings (SSSR count). The molecule has 0 radical (unpaired) electrons. The highest BCUT2D eigenvalue weighted by Gasteiger charge is 2.44. The van der Waals surface area contributed by atoms with E-state index in [-0.39, 0.29) is 6.04 Å². The zero-order valence-corrected chi connectivity index (χ0v) is 17.4. The molecule has 3 aromatic rings. The molecule has 2 aromatic heterocycles. The summed E-state index contributed by atoms with van der Waals surface area (Å²) in [7, 11) is 1.64. The van der Waals surface area contributed by atoms with Crippen LogP contribution in [0.4, 0.5) is 5.82 Å². The van der Waals surface area contributed by atoms with Crippen LogP contribution in [0, 0.1) is 0 Å². The molecule has 1 aliphatic rings. The highest BCUT2D eigenvalue weighted by Crippen LogP contribution is 2.33. The maximum Gasteiger partial charge on any atom is 0.167 e. The number of hydrogen-bond donors (Lipinski definition) is 4. The Morgan fingerprint density at radius 2 is 1.94 bits per heavy atom. The largest absolute Gasteiger partial charge is 0.497 e. The van der Waals surface area contributed by atoms with E-state index >= 15 is 0 Å². The highest BCUT2D eigenvalue weighted by molar-refractivity contribution is 5.83. The van der Waals surface area contributed by atoms with E-state index in [0.29, 0.717) is 17.0 Å².